The molecular weight excluding hydrogens is 442 g/mol. The zero-order valence-corrected chi connectivity index (χ0v) is 17.6. The van der Waals surface area contributed by atoms with Crippen LogP contribution in [0.15, 0.2) is 41.0 Å². The van der Waals surface area contributed by atoms with E-state index in [1.54, 1.807) is 10.7 Å². The highest BCUT2D eigenvalue weighted by Crippen LogP contribution is 2.30. The smallest absolute Gasteiger partial charge is 0.223 e. The van der Waals surface area contributed by atoms with E-state index in [1.165, 1.54) is 0 Å². The molecule has 1 amide bonds. The van der Waals surface area contributed by atoms with Gasteiger partial charge < -0.3 is 10.6 Å². The molecule has 0 aliphatic heterocycles. The maximum atomic E-state index is 12.2. The minimum absolute atomic E-state index is 0.165. The Labute approximate surface area is 176 Å². The molecule has 2 heterocycles. The number of rotatable bonds is 6. The van der Waals surface area contributed by atoms with Crippen molar-refractivity contribution in [3.8, 4) is 11.3 Å². The third-order valence-corrected chi connectivity index (χ3v) is 5.92. The zero-order chi connectivity index (χ0) is 19.5. The summed E-state index contributed by atoms with van der Waals surface area (Å²) in [5, 5.41) is 11.4. The topological polar surface area (TPSA) is 71.3 Å². The van der Waals surface area contributed by atoms with Crippen molar-refractivity contribution in [2.24, 2.45) is 5.92 Å². The van der Waals surface area contributed by atoms with Crippen molar-refractivity contribution in [2.45, 2.75) is 25.7 Å². The molecule has 1 aromatic carbocycles. The average Bonchev–Trinajstić information content (AvgIpc) is 3.36. The third-order valence-electron chi connectivity index (χ3n) is 5.03. The summed E-state index contributed by atoms with van der Waals surface area (Å²) in [6.07, 6.45) is 6.04. The van der Waals surface area contributed by atoms with Crippen LogP contribution in [-0.2, 0) is 4.79 Å². The molecule has 0 saturated heterocycles. The molecular formula is C20H21BrClN5O. The molecule has 0 radical (unpaired) electrons. The highest BCUT2D eigenvalue weighted by Gasteiger charge is 2.22. The number of hydrogen-bond acceptors (Lipinski definition) is 4. The Morgan fingerprint density at radius 2 is 2.04 bits per heavy atom. The van der Waals surface area contributed by atoms with Gasteiger partial charge in [0, 0.05) is 35.7 Å². The van der Waals surface area contributed by atoms with E-state index in [2.05, 4.69) is 31.7 Å². The first-order valence-electron chi connectivity index (χ1n) is 9.44. The van der Waals surface area contributed by atoms with Crippen molar-refractivity contribution < 1.29 is 4.79 Å². The molecule has 2 N–H and O–H groups in total. The molecule has 6 nitrogen and oxygen atoms in total. The van der Waals surface area contributed by atoms with E-state index in [1.807, 2.05) is 30.3 Å². The maximum absolute atomic E-state index is 12.2. The number of fused-ring (bicyclic) bond motifs is 1. The van der Waals surface area contributed by atoms with Crippen LogP contribution in [0.1, 0.15) is 25.7 Å². The summed E-state index contributed by atoms with van der Waals surface area (Å²) in [5.74, 6) is 1.14. The van der Waals surface area contributed by atoms with Crippen molar-refractivity contribution in [1.29, 1.82) is 0 Å². The van der Waals surface area contributed by atoms with Gasteiger partial charge in [-0.3, -0.25) is 4.79 Å². The fourth-order valence-corrected chi connectivity index (χ4v) is 4.16. The SMILES string of the molecule is O=C(NCCNc1cc(-c2ccccc2Cl)nc2c(Br)cnn12)C1CCCC1. The number of hydrogen-bond donors (Lipinski definition) is 2. The van der Waals surface area contributed by atoms with Gasteiger partial charge in [0.25, 0.3) is 0 Å². The Morgan fingerprint density at radius 3 is 2.82 bits per heavy atom. The van der Waals surface area contributed by atoms with Crippen LogP contribution in [0.4, 0.5) is 5.82 Å². The van der Waals surface area contributed by atoms with Crippen LogP contribution in [0, 0.1) is 5.92 Å². The van der Waals surface area contributed by atoms with Gasteiger partial charge >= 0.3 is 0 Å². The predicted octanol–water partition coefficient (Wildman–Crippen LogP) is 4.53. The van der Waals surface area contributed by atoms with Crippen LogP contribution in [0.3, 0.4) is 0 Å². The molecule has 3 aromatic rings. The Morgan fingerprint density at radius 1 is 1.25 bits per heavy atom. The lowest BCUT2D eigenvalue weighted by Gasteiger charge is -2.13. The fourth-order valence-electron chi connectivity index (χ4n) is 3.58. The molecule has 146 valence electrons. The molecule has 1 fully saturated rings. The number of nitrogens with zero attached hydrogens (tertiary/aromatic N) is 3. The average molecular weight is 463 g/mol. The summed E-state index contributed by atoms with van der Waals surface area (Å²) in [5.41, 5.74) is 2.32. The predicted molar refractivity (Wildman–Crippen MR) is 115 cm³/mol. The van der Waals surface area contributed by atoms with Gasteiger partial charge in [-0.25, -0.2) is 4.98 Å². The number of benzene rings is 1. The Bertz CT molecular complexity index is 999. The number of halogens is 2. The second-order valence-corrected chi connectivity index (χ2v) is 8.20. The number of carbonyl (C=O) groups excluding carboxylic acids is 1. The molecule has 0 unspecified atom stereocenters. The van der Waals surface area contributed by atoms with E-state index >= 15 is 0 Å². The Kier molecular flexibility index (Phi) is 5.82. The van der Waals surface area contributed by atoms with Crippen molar-refractivity contribution in [1.82, 2.24) is 19.9 Å². The van der Waals surface area contributed by atoms with Crippen LogP contribution < -0.4 is 10.6 Å². The summed E-state index contributed by atoms with van der Waals surface area (Å²) in [4.78, 5) is 16.9. The molecule has 0 bridgehead atoms. The lowest BCUT2D eigenvalue weighted by molar-refractivity contribution is -0.124. The largest absolute Gasteiger partial charge is 0.368 e. The van der Waals surface area contributed by atoms with Crippen LogP contribution in [-0.4, -0.2) is 33.6 Å². The molecule has 8 heteroatoms. The van der Waals surface area contributed by atoms with Crippen molar-refractivity contribution in [3.63, 3.8) is 0 Å². The molecule has 2 aromatic heterocycles. The molecule has 0 atom stereocenters. The number of amides is 1. The van der Waals surface area contributed by atoms with E-state index in [9.17, 15) is 4.79 Å². The molecule has 1 saturated carbocycles. The van der Waals surface area contributed by atoms with E-state index in [0.717, 1.165) is 47.2 Å². The summed E-state index contributed by atoms with van der Waals surface area (Å²) >= 11 is 9.86. The highest BCUT2D eigenvalue weighted by molar-refractivity contribution is 9.10. The number of carbonyl (C=O) groups is 1. The summed E-state index contributed by atoms with van der Waals surface area (Å²) in [6, 6.07) is 9.54. The summed E-state index contributed by atoms with van der Waals surface area (Å²) in [7, 11) is 0. The number of aromatic nitrogens is 3. The van der Waals surface area contributed by atoms with Crippen LogP contribution in [0.2, 0.25) is 5.02 Å². The van der Waals surface area contributed by atoms with Gasteiger partial charge in [0.2, 0.25) is 5.91 Å². The van der Waals surface area contributed by atoms with E-state index in [4.69, 9.17) is 16.6 Å². The van der Waals surface area contributed by atoms with Gasteiger partial charge in [0.15, 0.2) is 5.65 Å². The second-order valence-electron chi connectivity index (χ2n) is 6.93. The van der Waals surface area contributed by atoms with Gasteiger partial charge in [-0.05, 0) is 34.8 Å². The summed E-state index contributed by atoms with van der Waals surface area (Å²) < 4.78 is 2.54. The van der Waals surface area contributed by atoms with Crippen LogP contribution >= 0.6 is 27.5 Å². The number of nitrogens with one attached hydrogen (secondary N) is 2. The minimum Gasteiger partial charge on any atom is -0.368 e. The van der Waals surface area contributed by atoms with E-state index < -0.39 is 0 Å². The molecule has 4 rings (SSSR count). The Balaban J connectivity index is 1.51. The van der Waals surface area contributed by atoms with Crippen LogP contribution in [0.5, 0.6) is 0 Å². The minimum atomic E-state index is 0.165. The van der Waals surface area contributed by atoms with Crippen molar-refractivity contribution in [2.75, 3.05) is 18.4 Å². The standard InChI is InChI=1S/C20H21BrClN5O/c21-15-12-25-27-18(23-9-10-24-20(28)13-5-1-2-6-13)11-17(26-19(15)27)14-7-3-4-8-16(14)22/h3-4,7-8,11-13,23H,1-2,5-6,9-10H2,(H,24,28). The Hall–Kier alpha value is -2.12. The first kappa shape index (κ1) is 19.2. The quantitative estimate of drug-likeness (QED) is 0.528. The number of anilines is 1. The lowest BCUT2D eigenvalue weighted by atomic mass is 10.1. The second kappa shape index (κ2) is 8.49. The molecule has 1 aliphatic carbocycles. The van der Waals surface area contributed by atoms with Crippen LogP contribution in [0.25, 0.3) is 16.9 Å². The molecule has 0 spiro atoms. The molecule has 28 heavy (non-hydrogen) atoms. The normalized spacial score (nSPS) is 14.5. The van der Waals surface area contributed by atoms with Gasteiger partial charge in [-0.2, -0.15) is 9.61 Å². The van der Waals surface area contributed by atoms with Gasteiger partial charge in [0.1, 0.15) is 5.82 Å². The maximum Gasteiger partial charge on any atom is 0.223 e. The van der Waals surface area contributed by atoms with Crippen molar-refractivity contribution >= 4 is 44.9 Å². The van der Waals surface area contributed by atoms with E-state index in [0.29, 0.717) is 23.8 Å². The molecule has 1 aliphatic rings. The first-order valence-corrected chi connectivity index (χ1v) is 10.6. The lowest BCUT2D eigenvalue weighted by Crippen LogP contribution is -2.33. The summed E-state index contributed by atoms with van der Waals surface area (Å²) in [6.45, 7) is 1.15. The third kappa shape index (κ3) is 4.00. The van der Waals surface area contributed by atoms with Gasteiger partial charge in [-0.15, -0.1) is 0 Å². The van der Waals surface area contributed by atoms with Gasteiger partial charge in [0.05, 0.1) is 16.4 Å². The first-order chi connectivity index (χ1) is 13.6. The monoisotopic (exact) mass is 461 g/mol. The zero-order valence-electron chi connectivity index (χ0n) is 15.3. The highest BCUT2D eigenvalue weighted by atomic mass is 79.9. The van der Waals surface area contributed by atoms with E-state index in [-0.39, 0.29) is 11.8 Å². The van der Waals surface area contributed by atoms with Crippen molar-refractivity contribution in [3.05, 3.63) is 46.0 Å². The fraction of sp³-hybridized carbons (Fsp3) is 0.350. The van der Waals surface area contributed by atoms with Gasteiger partial charge in [-0.1, -0.05) is 42.6 Å².